The van der Waals surface area contributed by atoms with Crippen LogP contribution in [0.2, 0.25) is 0 Å². The van der Waals surface area contributed by atoms with E-state index in [9.17, 15) is 4.79 Å². The van der Waals surface area contributed by atoms with Crippen molar-refractivity contribution in [3.8, 4) is 17.2 Å². The van der Waals surface area contributed by atoms with Crippen LogP contribution in [0.25, 0.3) is 6.08 Å². The quantitative estimate of drug-likeness (QED) is 0.662. The molecule has 2 fully saturated rings. The van der Waals surface area contributed by atoms with Crippen LogP contribution in [0.4, 0.5) is 0 Å². The molecule has 0 spiro atoms. The fraction of sp³-hybridized carbons (Fsp3) is 0.591. The molecule has 0 unspecified atom stereocenters. The lowest BCUT2D eigenvalue weighted by atomic mass is 10.1. The molecule has 0 aliphatic carbocycles. The molecule has 2 aliphatic rings. The molecule has 0 saturated carbocycles. The van der Waals surface area contributed by atoms with Crippen molar-refractivity contribution in [2.75, 3.05) is 73.7 Å². The van der Waals surface area contributed by atoms with Crippen LogP contribution in [0.1, 0.15) is 18.4 Å². The van der Waals surface area contributed by atoms with Crippen molar-refractivity contribution in [1.29, 1.82) is 0 Å². The zero-order valence-corrected chi connectivity index (χ0v) is 17.9. The van der Waals surface area contributed by atoms with Gasteiger partial charge in [-0.05, 0) is 30.5 Å². The predicted molar refractivity (Wildman–Crippen MR) is 114 cm³/mol. The maximum absolute atomic E-state index is 12.3. The summed E-state index contributed by atoms with van der Waals surface area (Å²) in [5.74, 6) is 2.20. The minimum atomic E-state index is 0.290. The average Bonchev–Trinajstić information content (AvgIpc) is 3.29. The summed E-state index contributed by atoms with van der Waals surface area (Å²) in [4.78, 5) is 19.0. The summed E-state index contributed by atoms with van der Waals surface area (Å²) in [6, 6.07) is 3.89. The highest BCUT2D eigenvalue weighted by Crippen LogP contribution is 2.38. The van der Waals surface area contributed by atoms with Crippen LogP contribution < -0.4 is 14.2 Å². The molecule has 2 saturated heterocycles. The molecule has 160 valence electrons. The number of amides is 1. The molecule has 1 amide bonds. The van der Waals surface area contributed by atoms with E-state index in [0.29, 0.717) is 29.7 Å². The molecular weight excluding hydrogens is 370 g/mol. The number of methoxy groups -OCH3 is 3. The van der Waals surface area contributed by atoms with Crippen LogP contribution in [0.15, 0.2) is 18.2 Å². The first-order valence-electron chi connectivity index (χ1n) is 10.3. The highest BCUT2D eigenvalue weighted by molar-refractivity contribution is 5.78. The number of piperazine rings is 1. The summed E-state index contributed by atoms with van der Waals surface area (Å²) < 4.78 is 16.2. The third-order valence-corrected chi connectivity index (χ3v) is 5.64. The van der Waals surface area contributed by atoms with E-state index in [0.717, 1.165) is 64.2 Å². The van der Waals surface area contributed by atoms with Crippen LogP contribution >= 0.6 is 0 Å². The standard InChI is InChI=1S/C22H33N3O4/c1-27-19-15-18(16-20(28-2)22(19)29-3)7-6-8-23-11-13-24(14-12-23)17-21(26)25-9-4-5-10-25/h6-7,15-16H,4-5,8-14,17H2,1-3H3/b7-6+. The highest BCUT2D eigenvalue weighted by atomic mass is 16.5. The Morgan fingerprint density at radius 2 is 1.48 bits per heavy atom. The molecule has 0 aromatic heterocycles. The Hall–Kier alpha value is -2.25. The van der Waals surface area contributed by atoms with E-state index >= 15 is 0 Å². The van der Waals surface area contributed by atoms with Gasteiger partial charge in [0.1, 0.15) is 0 Å². The second-order valence-electron chi connectivity index (χ2n) is 7.53. The third kappa shape index (κ3) is 5.64. The number of nitrogens with zero attached hydrogens (tertiary/aromatic N) is 3. The lowest BCUT2D eigenvalue weighted by molar-refractivity contribution is -0.131. The van der Waals surface area contributed by atoms with Gasteiger partial charge in [0.25, 0.3) is 0 Å². The Morgan fingerprint density at radius 1 is 0.897 bits per heavy atom. The van der Waals surface area contributed by atoms with E-state index < -0.39 is 0 Å². The second kappa shape index (κ2) is 10.5. The van der Waals surface area contributed by atoms with Crippen LogP contribution in [-0.2, 0) is 4.79 Å². The minimum absolute atomic E-state index is 0.290. The van der Waals surface area contributed by atoms with E-state index in [1.165, 1.54) is 0 Å². The Bertz CT molecular complexity index is 683. The maximum Gasteiger partial charge on any atom is 0.236 e. The molecule has 0 bridgehead atoms. The molecule has 1 aromatic carbocycles. The van der Waals surface area contributed by atoms with Crippen molar-refractivity contribution in [2.24, 2.45) is 0 Å². The molecule has 7 heteroatoms. The molecule has 1 aromatic rings. The van der Waals surface area contributed by atoms with Crippen molar-refractivity contribution < 1.29 is 19.0 Å². The van der Waals surface area contributed by atoms with E-state index in [1.807, 2.05) is 17.0 Å². The van der Waals surface area contributed by atoms with E-state index in [1.54, 1.807) is 21.3 Å². The lowest BCUT2D eigenvalue weighted by Gasteiger charge is -2.34. The number of carbonyl (C=O) groups excluding carboxylic acids is 1. The molecule has 3 rings (SSSR count). The van der Waals surface area contributed by atoms with Gasteiger partial charge in [-0.3, -0.25) is 14.6 Å². The summed E-state index contributed by atoms with van der Waals surface area (Å²) >= 11 is 0. The predicted octanol–water partition coefficient (Wildman–Crippen LogP) is 1.97. The minimum Gasteiger partial charge on any atom is -0.493 e. The number of ether oxygens (including phenoxy) is 3. The van der Waals surface area contributed by atoms with Crippen LogP contribution in [0.3, 0.4) is 0 Å². The molecule has 0 atom stereocenters. The van der Waals surface area contributed by atoms with Crippen LogP contribution in [0.5, 0.6) is 17.2 Å². The normalized spacial score (nSPS) is 18.4. The Morgan fingerprint density at radius 3 is 2.03 bits per heavy atom. The Labute approximate surface area is 173 Å². The number of rotatable bonds is 8. The van der Waals surface area contributed by atoms with Gasteiger partial charge < -0.3 is 19.1 Å². The van der Waals surface area contributed by atoms with Gasteiger partial charge in [0.2, 0.25) is 11.7 Å². The molecule has 0 N–H and O–H groups in total. The van der Waals surface area contributed by atoms with Crippen molar-refractivity contribution >= 4 is 12.0 Å². The van der Waals surface area contributed by atoms with Crippen molar-refractivity contribution in [1.82, 2.24) is 14.7 Å². The number of hydrogen-bond donors (Lipinski definition) is 0. The van der Waals surface area contributed by atoms with Gasteiger partial charge in [-0.25, -0.2) is 0 Å². The highest BCUT2D eigenvalue weighted by Gasteiger charge is 2.23. The summed E-state index contributed by atoms with van der Waals surface area (Å²) in [5, 5.41) is 0. The molecule has 7 nitrogen and oxygen atoms in total. The number of benzene rings is 1. The first-order valence-corrected chi connectivity index (χ1v) is 10.3. The Kier molecular flexibility index (Phi) is 7.77. The zero-order chi connectivity index (χ0) is 20.6. The molecule has 2 heterocycles. The van der Waals surface area contributed by atoms with E-state index in [-0.39, 0.29) is 0 Å². The topological polar surface area (TPSA) is 54.5 Å². The van der Waals surface area contributed by atoms with Gasteiger partial charge >= 0.3 is 0 Å². The van der Waals surface area contributed by atoms with Gasteiger partial charge in [-0.2, -0.15) is 0 Å². The summed E-state index contributed by atoms with van der Waals surface area (Å²) in [6.45, 7) is 7.16. The zero-order valence-electron chi connectivity index (χ0n) is 17.9. The second-order valence-corrected chi connectivity index (χ2v) is 7.53. The average molecular weight is 404 g/mol. The molecule has 2 aliphatic heterocycles. The number of likely N-dealkylation sites (tertiary alicyclic amines) is 1. The monoisotopic (exact) mass is 403 g/mol. The van der Waals surface area contributed by atoms with Crippen LogP contribution in [-0.4, -0.2) is 94.3 Å². The number of hydrogen-bond acceptors (Lipinski definition) is 6. The Balaban J connectivity index is 1.47. The first-order chi connectivity index (χ1) is 14.1. The van der Waals surface area contributed by atoms with E-state index in [4.69, 9.17) is 14.2 Å². The molecule has 0 radical (unpaired) electrons. The van der Waals surface area contributed by atoms with Gasteiger partial charge in [0, 0.05) is 45.8 Å². The van der Waals surface area contributed by atoms with E-state index in [2.05, 4.69) is 22.0 Å². The first kappa shape index (κ1) is 21.5. The van der Waals surface area contributed by atoms with Gasteiger partial charge in [0.05, 0.1) is 27.9 Å². The summed E-state index contributed by atoms with van der Waals surface area (Å²) in [7, 11) is 4.85. The van der Waals surface area contributed by atoms with Crippen molar-refractivity contribution in [2.45, 2.75) is 12.8 Å². The SMILES string of the molecule is COc1cc(/C=C/CN2CCN(CC(=O)N3CCCC3)CC2)cc(OC)c1OC. The molecule has 29 heavy (non-hydrogen) atoms. The van der Waals surface area contributed by atoms with Crippen molar-refractivity contribution in [3.05, 3.63) is 23.8 Å². The smallest absolute Gasteiger partial charge is 0.236 e. The molecular formula is C22H33N3O4. The number of carbonyl (C=O) groups is 1. The summed E-state index contributed by atoms with van der Waals surface area (Å²) in [6.07, 6.45) is 6.54. The van der Waals surface area contributed by atoms with Gasteiger partial charge in [-0.15, -0.1) is 0 Å². The summed E-state index contributed by atoms with van der Waals surface area (Å²) in [5.41, 5.74) is 1.01. The fourth-order valence-electron chi connectivity index (χ4n) is 3.92. The maximum atomic E-state index is 12.3. The van der Waals surface area contributed by atoms with Crippen molar-refractivity contribution in [3.63, 3.8) is 0 Å². The van der Waals surface area contributed by atoms with Gasteiger partial charge in [0.15, 0.2) is 11.5 Å². The van der Waals surface area contributed by atoms with Gasteiger partial charge in [-0.1, -0.05) is 12.2 Å². The fourth-order valence-corrected chi connectivity index (χ4v) is 3.92. The van der Waals surface area contributed by atoms with Crippen LogP contribution in [0, 0.1) is 0 Å². The third-order valence-electron chi connectivity index (χ3n) is 5.64. The lowest BCUT2D eigenvalue weighted by Crippen LogP contribution is -2.49. The largest absolute Gasteiger partial charge is 0.493 e.